The summed E-state index contributed by atoms with van der Waals surface area (Å²) in [5.41, 5.74) is 11.9. The summed E-state index contributed by atoms with van der Waals surface area (Å²) in [5.74, 6) is -0.974. The molecule has 0 aliphatic rings. The van der Waals surface area contributed by atoms with E-state index in [9.17, 15) is 9.59 Å². The largest absolute Gasteiger partial charge is 0.379 e. The number of nitrogens with two attached hydrogens (primary N) is 2. The van der Waals surface area contributed by atoms with Crippen molar-refractivity contribution < 1.29 is 9.59 Å². The Hall–Kier alpha value is -2.05. The number of hydrogen-bond acceptors (Lipinski definition) is 4. The van der Waals surface area contributed by atoms with Gasteiger partial charge in [-0.15, -0.1) is 11.3 Å². The van der Waals surface area contributed by atoms with Gasteiger partial charge in [-0.25, -0.2) is 0 Å². The average molecular weight is 310 g/mol. The smallest absolute Gasteiger partial charge is 0.249 e. The lowest BCUT2D eigenvalue weighted by Crippen LogP contribution is -2.11. The molecule has 0 saturated carbocycles. The van der Waals surface area contributed by atoms with Crippen LogP contribution in [0.1, 0.15) is 25.6 Å². The molecule has 1 aromatic heterocycles. The van der Waals surface area contributed by atoms with E-state index in [1.807, 2.05) is 0 Å². The van der Waals surface area contributed by atoms with Gasteiger partial charge in [-0.3, -0.25) is 9.59 Å². The predicted molar refractivity (Wildman–Crippen MR) is 80.1 cm³/mol. The lowest BCUT2D eigenvalue weighted by molar-refractivity contribution is 0.0992. The van der Waals surface area contributed by atoms with Crippen LogP contribution in [0.3, 0.4) is 0 Å². The number of amides is 2. The second-order valence-corrected chi connectivity index (χ2v) is 5.48. The first kappa shape index (κ1) is 14.4. The zero-order valence-electron chi connectivity index (χ0n) is 10.4. The number of rotatable bonds is 5. The molecule has 20 heavy (non-hydrogen) atoms. The summed E-state index contributed by atoms with van der Waals surface area (Å²) >= 11 is 7.45. The van der Waals surface area contributed by atoms with E-state index in [-0.39, 0.29) is 0 Å². The van der Waals surface area contributed by atoms with Gasteiger partial charge in [0, 0.05) is 22.4 Å². The number of nitrogens with one attached hydrogen (secondary N) is 1. The van der Waals surface area contributed by atoms with Crippen molar-refractivity contribution in [1.82, 2.24) is 0 Å². The van der Waals surface area contributed by atoms with Crippen molar-refractivity contribution in [2.24, 2.45) is 11.5 Å². The predicted octanol–water partition coefficient (Wildman–Crippen LogP) is 2.21. The van der Waals surface area contributed by atoms with Crippen LogP contribution in [0, 0.1) is 0 Å². The molecule has 0 bridgehead atoms. The van der Waals surface area contributed by atoms with Crippen LogP contribution >= 0.6 is 22.9 Å². The molecule has 1 aromatic carbocycles. The van der Waals surface area contributed by atoms with E-state index in [1.165, 1.54) is 11.3 Å². The number of primary amides is 2. The number of carbonyl (C=O) groups is 2. The fraction of sp³-hybridized carbons (Fsp3) is 0.0769. The maximum atomic E-state index is 11.1. The molecule has 1 heterocycles. The summed E-state index contributed by atoms with van der Waals surface area (Å²) < 4.78 is 0. The minimum Gasteiger partial charge on any atom is -0.379 e. The first-order valence-corrected chi connectivity index (χ1v) is 6.93. The highest BCUT2D eigenvalue weighted by Gasteiger charge is 2.08. The van der Waals surface area contributed by atoms with Crippen LogP contribution in [0.5, 0.6) is 0 Å². The monoisotopic (exact) mass is 309 g/mol. The van der Waals surface area contributed by atoms with Gasteiger partial charge in [-0.05, 0) is 24.3 Å². The zero-order chi connectivity index (χ0) is 14.7. The number of hydrogen-bond donors (Lipinski definition) is 3. The number of anilines is 1. The van der Waals surface area contributed by atoms with Gasteiger partial charge in [0.15, 0.2) is 0 Å². The standard InChI is InChI=1S/C13H12ClN3O2S/c14-10-2-1-7(12(15)18)4-11(10)17-5-9-3-8(6-20-9)13(16)19/h1-4,6,17H,5H2,(H2,15,18)(H2,16,19). The topological polar surface area (TPSA) is 98.2 Å². The van der Waals surface area contributed by atoms with Crippen LogP contribution in [0.4, 0.5) is 5.69 Å². The van der Waals surface area contributed by atoms with Crippen LogP contribution in [-0.2, 0) is 6.54 Å². The van der Waals surface area contributed by atoms with Gasteiger partial charge in [0.05, 0.1) is 16.3 Å². The molecule has 2 aromatic rings. The Bertz CT molecular complexity index is 669. The Morgan fingerprint density at radius 3 is 2.45 bits per heavy atom. The van der Waals surface area contributed by atoms with Gasteiger partial charge in [-0.1, -0.05) is 11.6 Å². The number of benzene rings is 1. The molecule has 7 heteroatoms. The first-order chi connectivity index (χ1) is 9.47. The fourth-order valence-electron chi connectivity index (χ4n) is 1.60. The lowest BCUT2D eigenvalue weighted by atomic mass is 10.2. The molecular weight excluding hydrogens is 298 g/mol. The summed E-state index contributed by atoms with van der Waals surface area (Å²) in [4.78, 5) is 23.0. The molecule has 2 amide bonds. The second-order valence-electron chi connectivity index (χ2n) is 4.08. The molecule has 0 unspecified atom stereocenters. The van der Waals surface area contributed by atoms with Crippen molar-refractivity contribution in [3.8, 4) is 0 Å². The Morgan fingerprint density at radius 2 is 1.85 bits per heavy atom. The maximum Gasteiger partial charge on any atom is 0.249 e. The second kappa shape index (κ2) is 5.94. The quantitative estimate of drug-likeness (QED) is 0.789. The molecule has 0 aliphatic heterocycles. The van der Waals surface area contributed by atoms with Gasteiger partial charge in [0.25, 0.3) is 0 Å². The third-order valence-electron chi connectivity index (χ3n) is 2.64. The number of halogens is 1. The molecule has 0 aliphatic carbocycles. The maximum absolute atomic E-state index is 11.1. The lowest BCUT2D eigenvalue weighted by Gasteiger charge is -2.08. The Labute approximate surface area is 124 Å². The molecule has 2 rings (SSSR count). The number of thiophene rings is 1. The van der Waals surface area contributed by atoms with Crippen molar-refractivity contribution in [1.29, 1.82) is 0 Å². The van der Waals surface area contributed by atoms with Crippen molar-refractivity contribution in [3.63, 3.8) is 0 Å². The highest BCUT2D eigenvalue weighted by atomic mass is 35.5. The van der Waals surface area contributed by atoms with E-state index in [1.54, 1.807) is 29.6 Å². The van der Waals surface area contributed by atoms with E-state index in [0.717, 1.165) is 4.88 Å². The van der Waals surface area contributed by atoms with Crippen LogP contribution in [-0.4, -0.2) is 11.8 Å². The van der Waals surface area contributed by atoms with E-state index in [0.29, 0.717) is 28.4 Å². The summed E-state index contributed by atoms with van der Waals surface area (Å²) in [6.07, 6.45) is 0. The summed E-state index contributed by atoms with van der Waals surface area (Å²) in [7, 11) is 0. The van der Waals surface area contributed by atoms with Crippen LogP contribution < -0.4 is 16.8 Å². The van der Waals surface area contributed by atoms with E-state index < -0.39 is 11.8 Å². The van der Waals surface area contributed by atoms with Crippen molar-refractivity contribution in [2.75, 3.05) is 5.32 Å². The Balaban J connectivity index is 2.11. The van der Waals surface area contributed by atoms with Crippen molar-refractivity contribution >= 4 is 40.4 Å². The van der Waals surface area contributed by atoms with Gasteiger partial charge in [-0.2, -0.15) is 0 Å². The normalized spacial score (nSPS) is 10.2. The van der Waals surface area contributed by atoms with Crippen molar-refractivity contribution in [3.05, 3.63) is 50.7 Å². The van der Waals surface area contributed by atoms with Crippen LogP contribution in [0.15, 0.2) is 29.6 Å². The molecule has 0 spiro atoms. The van der Waals surface area contributed by atoms with E-state index in [2.05, 4.69) is 5.32 Å². The fourth-order valence-corrected chi connectivity index (χ4v) is 2.60. The van der Waals surface area contributed by atoms with E-state index >= 15 is 0 Å². The van der Waals surface area contributed by atoms with Gasteiger partial charge >= 0.3 is 0 Å². The minimum absolute atomic E-state index is 0.376. The Kier molecular flexibility index (Phi) is 4.26. The highest BCUT2D eigenvalue weighted by Crippen LogP contribution is 2.24. The SMILES string of the molecule is NC(=O)c1csc(CNc2cc(C(N)=O)ccc2Cl)c1. The number of carbonyl (C=O) groups excluding carboxylic acids is 2. The highest BCUT2D eigenvalue weighted by molar-refractivity contribution is 7.10. The molecular formula is C13H12ClN3O2S. The van der Waals surface area contributed by atoms with Crippen molar-refractivity contribution in [2.45, 2.75) is 6.54 Å². The molecule has 5 N–H and O–H groups in total. The van der Waals surface area contributed by atoms with Crippen LogP contribution in [0.25, 0.3) is 0 Å². The molecule has 104 valence electrons. The average Bonchev–Trinajstić information content (AvgIpc) is 2.86. The first-order valence-electron chi connectivity index (χ1n) is 5.68. The van der Waals surface area contributed by atoms with Gasteiger partial charge in [0.2, 0.25) is 11.8 Å². The molecule has 0 saturated heterocycles. The molecule has 0 radical (unpaired) electrons. The third kappa shape index (κ3) is 3.28. The van der Waals surface area contributed by atoms with E-state index in [4.69, 9.17) is 23.1 Å². The Morgan fingerprint density at radius 1 is 1.15 bits per heavy atom. The molecule has 0 fully saturated rings. The summed E-state index contributed by atoms with van der Waals surface area (Å²) in [5, 5.41) is 5.28. The van der Waals surface area contributed by atoms with Crippen LogP contribution in [0.2, 0.25) is 5.02 Å². The third-order valence-corrected chi connectivity index (χ3v) is 3.91. The molecule has 0 atom stereocenters. The zero-order valence-corrected chi connectivity index (χ0v) is 11.9. The van der Waals surface area contributed by atoms with Gasteiger partial charge < -0.3 is 16.8 Å². The van der Waals surface area contributed by atoms with Gasteiger partial charge in [0.1, 0.15) is 0 Å². The summed E-state index contributed by atoms with van der Waals surface area (Å²) in [6.45, 7) is 0.472. The minimum atomic E-state index is -0.517. The molecule has 5 nitrogen and oxygen atoms in total. The summed E-state index contributed by atoms with van der Waals surface area (Å²) in [6, 6.07) is 6.47.